The van der Waals surface area contributed by atoms with E-state index in [-0.39, 0.29) is 11.5 Å². The number of benzene rings is 1. The monoisotopic (exact) mass is 437 g/mol. The van der Waals surface area contributed by atoms with Crippen LogP contribution in [-0.4, -0.2) is 29.4 Å². The summed E-state index contributed by atoms with van der Waals surface area (Å²) in [5.41, 5.74) is 4.72. The Morgan fingerprint density at radius 2 is 1.66 bits per heavy atom. The molecule has 0 aliphatic carbocycles. The molecular formula is C26H31NO5. The maximum absolute atomic E-state index is 11.1. The van der Waals surface area contributed by atoms with Gasteiger partial charge in [-0.05, 0) is 46.6 Å². The molecule has 0 spiro atoms. The van der Waals surface area contributed by atoms with Crippen LogP contribution in [0.2, 0.25) is 0 Å². The molecular weight excluding hydrogens is 406 g/mol. The van der Waals surface area contributed by atoms with Crippen LogP contribution in [-0.2, 0) is 24.0 Å². The first kappa shape index (κ1) is 23.3. The van der Waals surface area contributed by atoms with E-state index in [4.69, 9.17) is 14.2 Å². The van der Waals surface area contributed by atoms with Crippen molar-refractivity contribution < 1.29 is 24.4 Å². The molecule has 1 aliphatic rings. The second kappa shape index (κ2) is 9.81. The van der Waals surface area contributed by atoms with Crippen LogP contribution < -0.4 is 9.47 Å². The zero-order valence-electron chi connectivity index (χ0n) is 19.6. The number of phenolic OH excluding ortho intramolecular Hbond substituents is 2. The Morgan fingerprint density at radius 1 is 1.00 bits per heavy atom. The average Bonchev–Trinajstić information content (AvgIpc) is 2.77. The molecule has 0 fully saturated rings. The van der Waals surface area contributed by atoms with Gasteiger partial charge in [0, 0.05) is 40.9 Å². The number of rotatable bonds is 7. The average molecular weight is 438 g/mol. The molecule has 0 unspecified atom stereocenters. The van der Waals surface area contributed by atoms with Gasteiger partial charge in [-0.1, -0.05) is 23.3 Å². The van der Waals surface area contributed by atoms with Gasteiger partial charge in [0.25, 0.3) is 0 Å². The van der Waals surface area contributed by atoms with Crippen LogP contribution in [0.1, 0.15) is 49.9 Å². The smallest absolute Gasteiger partial charge is 0.213 e. The minimum absolute atomic E-state index is 0.0388. The summed E-state index contributed by atoms with van der Waals surface area (Å²) in [6.45, 7) is 7.99. The molecule has 0 saturated carbocycles. The Hall–Kier alpha value is -3.41. The highest BCUT2D eigenvalue weighted by atomic mass is 16.5. The quantitative estimate of drug-likeness (QED) is 0.559. The largest absolute Gasteiger partial charge is 0.507 e. The molecule has 1 aromatic heterocycles. The topological polar surface area (TPSA) is 81.0 Å². The van der Waals surface area contributed by atoms with Crippen molar-refractivity contribution in [3.63, 3.8) is 0 Å². The molecule has 0 saturated heterocycles. The van der Waals surface area contributed by atoms with Crippen LogP contribution in [0.5, 0.6) is 23.1 Å². The maximum Gasteiger partial charge on any atom is 0.213 e. The lowest BCUT2D eigenvalue weighted by atomic mass is 9.92. The Morgan fingerprint density at radius 3 is 2.25 bits per heavy atom. The fourth-order valence-corrected chi connectivity index (χ4v) is 3.60. The fourth-order valence-electron chi connectivity index (χ4n) is 3.60. The molecule has 0 bridgehead atoms. The summed E-state index contributed by atoms with van der Waals surface area (Å²) in [6, 6.07) is 3.57. The van der Waals surface area contributed by atoms with Crippen LogP contribution >= 0.6 is 0 Å². The lowest BCUT2D eigenvalue weighted by Gasteiger charge is -2.27. The van der Waals surface area contributed by atoms with Crippen molar-refractivity contribution in [3.05, 3.63) is 69.6 Å². The van der Waals surface area contributed by atoms with Gasteiger partial charge in [0.15, 0.2) is 5.76 Å². The number of phenols is 2. The molecule has 32 heavy (non-hydrogen) atoms. The molecule has 1 aliphatic heterocycles. The van der Waals surface area contributed by atoms with E-state index >= 15 is 0 Å². The van der Waals surface area contributed by atoms with Gasteiger partial charge in [0.05, 0.1) is 14.2 Å². The highest BCUT2D eigenvalue weighted by Crippen LogP contribution is 2.48. The van der Waals surface area contributed by atoms with Crippen LogP contribution in [0.25, 0.3) is 5.76 Å². The highest BCUT2D eigenvalue weighted by Gasteiger charge is 2.31. The summed E-state index contributed by atoms with van der Waals surface area (Å²) in [4.78, 5) is 4.15. The van der Waals surface area contributed by atoms with Crippen LogP contribution in [0.3, 0.4) is 0 Å². The number of aromatic hydroxyl groups is 2. The Bertz CT molecular complexity index is 1100. The minimum atomic E-state index is 0.0388. The molecule has 2 N–H and O–H groups in total. The summed E-state index contributed by atoms with van der Waals surface area (Å²) in [5.74, 6) is 2.10. The summed E-state index contributed by atoms with van der Waals surface area (Å²) in [5, 5.41) is 22.2. The number of aromatic nitrogens is 1. The molecule has 3 rings (SSSR count). The van der Waals surface area contributed by atoms with Crippen molar-refractivity contribution in [1.82, 2.24) is 4.98 Å². The summed E-state index contributed by atoms with van der Waals surface area (Å²) in [7, 11) is 3.13. The molecule has 1 aromatic carbocycles. The van der Waals surface area contributed by atoms with Gasteiger partial charge in [-0.25, -0.2) is 4.98 Å². The van der Waals surface area contributed by atoms with Crippen molar-refractivity contribution in [2.24, 2.45) is 0 Å². The van der Waals surface area contributed by atoms with Gasteiger partial charge >= 0.3 is 0 Å². The molecule has 2 aromatic rings. The van der Waals surface area contributed by atoms with Gasteiger partial charge in [-0.3, -0.25) is 0 Å². The van der Waals surface area contributed by atoms with Gasteiger partial charge < -0.3 is 24.4 Å². The number of hydrogen-bond donors (Lipinski definition) is 2. The van der Waals surface area contributed by atoms with Gasteiger partial charge in [0.2, 0.25) is 5.88 Å². The van der Waals surface area contributed by atoms with E-state index in [2.05, 4.69) is 4.98 Å². The molecule has 170 valence electrons. The van der Waals surface area contributed by atoms with E-state index in [0.717, 1.165) is 16.7 Å². The lowest BCUT2D eigenvalue weighted by molar-refractivity contribution is 0.263. The highest BCUT2D eigenvalue weighted by molar-refractivity contribution is 5.73. The van der Waals surface area contributed by atoms with E-state index in [0.29, 0.717) is 59.1 Å². The van der Waals surface area contributed by atoms with E-state index in [1.807, 2.05) is 39.8 Å². The summed E-state index contributed by atoms with van der Waals surface area (Å²) >= 11 is 0. The zero-order chi connectivity index (χ0) is 23.4. The SMILES string of the molecule is COC1=C(c2ccnc(OC)c2)Oc2c(CC=C(C)C)c(O)c(CC=C(C)C)c(O)c2C1. The van der Waals surface area contributed by atoms with Crippen molar-refractivity contribution in [3.8, 4) is 23.1 Å². The number of pyridine rings is 1. The number of ether oxygens (including phenoxy) is 3. The van der Waals surface area contributed by atoms with E-state index in [9.17, 15) is 10.2 Å². The summed E-state index contributed by atoms with van der Waals surface area (Å²) < 4.78 is 17.2. The van der Waals surface area contributed by atoms with Crippen LogP contribution in [0, 0.1) is 0 Å². The molecule has 0 radical (unpaired) electrons. The van der Waals surface area contributed by atoms with Gasteiger partial charge in [-0.2, -0.15) is 0 Å². The van der Waals surface area contributed by atoms with Gasteiger partial charge in [-0.15, -0.1) is 0 Å². The van der Waals surface area contributed by atoms with Crippen LogP contribution in [0.15, 0.2) is 47.4 Å². The standard InChI is InChI=1S/C26H31NO5/c1-15(2)7-9-18-23(28)19(10-8-16(3)4)26-20(24(18)29)14-21(30-5)25(32-26)17-11-12-27-22(13-17)31-6/h7-8,11-13,28-29H,9-10,14H2,1-6H3. The Balaban J connectivity index is 2.20. The fraction of sp³-hybridized carbons (Fsp3) is 0.346. The molecule has 6 heteroatoms. The van der Waals surface area contributed by atoms with Crippen molar-refractivity contribution in [2.75, 3.05) is 14.2 Å². The van der Waals surface area contributed by atoms with Gasteiger partial charge in [0.1, 0.15) is 23.0 Å². The number of fused-ring (bicyclic) bond motifs is 1. The number of hydrogen-bond acceptors (Lipinski definition) is 6. The Labute approximate surface area is 189 Å². The number of allylic oxidation sites excluding steroid dienone is 5. The van der Waals surface area contributed by atoms with E-state index in [1.54, 1.807) is 32.5 Å². The van der Waals surface area contributed by atoms with Crippen molar-refractivity contribution in [1.29, 1.82) is 0 Å². The first-order chi connectivity index (χ1) is 15.3. The number of nitrogens with zero attached hydrogens (tertiary/aromatic N) is 1. The third-order valence-electron chi connectivity index (χ3n) is 5.37. The first-order valence-electron chi connectivity index (χ1n) is 10.6. The second-order valence-corrected chi connectivity index (χ2v) is 8.26. The normalized spacial score (nSPS) is 12.6. The minimum Gasteiger partial charge on any atom is -0.507 e. The molecule has 2 heterocycles. The predicted molar refractivity (Wildman–Crippen MR) is 125 cm³/mol. The van der Waals surface area contributed by atoms with E-state index < -0.39 is 0 Å². The number of methoxy groups -OCH3 is 2. The third-order valence-corrected chi connectivity index (χ3v) is 5.37. The third kappa shape index (κ3) is 4.74. The van der Waals surface area contributed by atoms with Crippen LogP contribution in [0.4, 0.5) is 0 Å². The maximum atomic E-state index is 11.1. The predicted octanol–water partition coefficient (Wildman–Crippen LogP) is 5.47. The lowest BCUT2D eigenvalue weighted by Crippen LogP contribution is -2.14. The summed E-state index contributed by atoms with van der Waals surface area (Å²) in [6.07, 6.45) is 6.89. The van der Waals surface area contributed by atoms with Crippen molar-refractivity contribution >= 4 is 5.76 Å². The van der Waals surface area contributed by atoms with E-state index in [1.165, 1.54) is 0 Å². The molecule has 6 nitrogen and oxygen atoms in total. The Kier molecular flexibility index (Phi) is 7.13. The first-order valence-corrected chi connectivity index (χ1v) is 10.6. The molecule has 0 atom stereocenters. The zero-order valence-corrected chi connectivity index (χ0v) is 19.6. The second-order valence-electron chi connectivity index (χ2n) is 8.26. The van der Waals surface area contributed by atoms with Crippen molar-refractivity contribution in [2.45, 2.75) is 47.0 Å². The molecule has 0 amide bonds.